The van der Waals surface area contributed by atoms with E-state index in [0.29, 0.717) is 0 Å². The standard InChI is InChI=1S/C13H16N4/c1-10-13(11(2)15-9-8-14-10)17-16-12-6-4-3-5-7-12/h3-7,16H,8-9H2,1-2H3. The SMILES string of the molecule is CC1=NCCN=C(C)C1=NNc1ccccc1. The Kier molecular flexibility index (Phi) is 3.65. The average molecular weight is 228 g/mol. The van der Waals surface area contributed by atoms with Gasteiger partial charge in [-0.3, -0.25) is 15.4 Å². The lowest BCUT2D eigenvalue weighted by atomic mass is 10.2. The molecule has 1 heterocycles. The molecule has 1 aromatic carbocycles. The topological polar surface area (TPSA) is 49.1 Å². The van der Waals surface area contributed by atoms with Gasteiger partial charge in [-0.25, -0.2) is 0 Å². The van der Waals surface area contributed by atoms with Crippen molar-refractivity contribution in [2.24, 2.45) is 15.1 Å². The van der Waals surface area contributed by atoms with Crippen LogP contribution in [0.2, 0.25) is 0 Å². The summed E-state index contributed by atoms with van der Waals surface area (Å²) in [4.78, 5) is 8.80. The molecule has 1 N–H and O–H groups in total. The minimum atomic E-state index is 0.744. The summed E-state index contributed by atoms with van der Waals surface area (Å²) < 4.78 is 0. The number of aliphatic imine (C=N–C) groups is 2. The second-order valence-corrected chi connectivity index (χ2v) is 3.87. The number of anilines is 1. The molecular formula is C13H16N4. The summed E-state index contributed by atoms with van der Waals surface area (Å²) in [6, 6.07) is 9.86. The molecule has 0 spiro atoms. The molecule has 0 fully saturated rings. The van der Waals surface area contributed by atoms with E-state index in [2.05, 4.69) is 20.5 Å². The third-order valence-corrected chi connectivity index (χ3v) is 2.55. The maximum Gasteiger partial charge on any atom is 0.125 e. The highest BCUT2D eigenvalue weighted by atomic mass is 15.3. The monoisotopic (exact) mass is 228 g/mol. The summed E-state index contributed by atoms with van der Waals surface area (Å²) in [6.07, 6.45) is 0. The number of nitrogens with zero attached hydrogens (tertiary/aromatic N) is 3. The number of hydrogen-bond acceptors (Lipinski definition) is 4. The fourth-order valence-corrected chi connectivity index (χ4v) is 1.64. The van der Waals surface area contributed by atoms with Crippen molar-refractivity contribution in [3.8, 4) is 0 Å². The van der Waals surface area contributed by atoms with Gasteiger partial charge < -0.3 is 0 Å². The highest BCUT2D eigenvalue weighted by Gasteiger charge is 2.10. The molecule has 0 unspecified atom stereocenters. The highest BCUT2D eigenvalue weighted by Crippen LogP contribution is 2.05. The lowest BCUT2D eigenvalue weighted by Crippen LogP contribution is -2.20. The van der Waals surface area contributed by atoms with Crippen molar-refractivity contribution in [1.29, 1.82) is 0 Å². The first kappa shape index (κ1) is 11.5. The molecule has 0 amide bonds. The molecule has 1 aromatic rings. The van der Waals surface area contributed by atoms with E-state index in [1.54, 1.807) is 0 Å². The Morgan fingerprint density at radius 1 is 1.00 bits per heavy atom. The van der Waals surface area contributed by atoms with E-state index < -0.39 is 0 Å². The normalized spacial score (nSPS) is 15.8. The summed E-state index contributed by atoms with van der Waals surface area (Å²) in [5.41, 5.74) is 6.71. The van der Waals surface area contributed by atoms with Crippen LogP contribution in [-0.4, -0.2) is 30.2 Å². The first-order chi connectivity index (χ1) is 8.27. The molecule has 0 atom stereocenters. The van der Waals surface area contributed by atoms with Crippen molar-refractivity contribution in [3.63, 3.8) is 0 Å². The number of benzene rings is 1. The molecule has 17 heavy (non-hydrogen) atoms. The molecule has 0 radical (unpaired) electrons. The predicted octanol–water partition coefficient (Wildman–Crippen LogP) is 2.39. The summed E-state index contributed by atoms with van der Waals surface area (Å²) in [7, 11) is 0. The molecule has 1 aliphatic heterocycles. The van der Waals surface area contributed by atoms with Crippen LogP contribution in [0.15, 0.2) is 45.4 Å². The quantitative estimate of drug-likeness (QED) is 0.776. The van der Waals surface area contributed by atoms with Crippen molar-refractivity contribution < 1.29 is 0 Å². The van der Waals surface area contributed by atoms with E-state index in [0.717, 1.165) is 35.9 Å². The average Bonchev–Trinajstić information content (AvgIpc) is 2.50. The van der Waals surface area contributed by atoms with Crippen LogP contribution < -0.4 is 5.43 Å². The molecule has 0 aromatic heterocycles. The van der Waals surface area contributed by atoms with E-state index in [-0.39, 0.29) is 0 Å². The van der Waals surface area contributed by atoms with Gasteiger partial charge in [-0.15, -0.1) is 0 Å². The first-order valence-corrected chi connectivity index (χ1v) is 5.69. The van der Waals surface area contributed by atoms with Gasteiger partial charge in [0.2, 0.25) is 0 Å². The van der Waals surface area contributed by atoms with Crippen molar-refractivity contribution in [3.05, 3.63) is 30.3 Å². The molecule has 4 nitrogen and oxygen atoms in total. The van der Waals surface area contributed by atoms with E-state index in [4.69, 9.17) is 0 Å². The molecule has 0 saturated carbocycles. The fraction of sp³-hybridized carbons (Fsp3) is 0.308. The van der Waals surface area contributed by atoms with Crippen molar-refractivity contribution in [2.45, 2.75) is 13.8 Å². The van der Waals surface area contributed by atoms with Gasteiger partial charge in [-0.2, -0.15) is 5.10 Å². The summed E-state index contributed by atoms with van der Waals surface area (Å²) in [6.45, 7) is 5.42. The van der Waals surface area contributed by atoms with Gasteiger partial charge in [0.25, 0.3) is 0 Å². The van der Waals surface area contributed by atoms with Gasteiger partial charge in [0.1, 0.15) is 5.71 Å². The molecule has 0 bridgehead atoms. The Balaban J connectivity index is 2.20. The smallest absolute Gasteiger partial charge is 0.125 e. The minimum Gasteiger partial charge on any atom is -0.286 e. The Morgan fingerprint density at radius 3 is 2.18 bits per heavy atom. The van der Waals surface area contributed by atoms with Crippen LogP contribution in [0.4, 0.5) is 5.69 Å². The molecule has 4 heteroatoms. The van der Waals surface area contributed by atoms with Crippen molar-refractivity contribution >= 4 is 22.8 Å². The summed E-state index contributed by atoms with van der Waals surface area (Å²) >= 11 is 0. The van der Waals surface area contributed by atoms with Crippen molar-refractivity contribution in [2.75, 3.05) is 18.5 Å². The number of hydrazone groups is 1. The molecule has 88 valence electrons. The van der Waals surface area contributed by atoms with Crippen LogP contribution in [0.5, 0.6) is 0 Å². The van der Waals surface area contributed by atoms with E-state index in [9.17, 15) is 0 Å². The zero-order valence-corrected chi connectivity index (χ0v) is 10.1. The van der Waals surface area contributed by atoms with Gasteiger partial charge in [0, 0.05) is 0 Å². The number of nitrogens with one attached hydrogen (secondary N) is 1. The third-order valence-electron chi connectivity index (χ3n) is 2.55. The van der Waals surface area contributed by atoms with Crippen molar-refractivity contribution in [1.82, 2.24) is 0 Å². The van der Waals surface area contributed by atoms with Gasteiger partial charge in [-0.05, 0) is 26.0 Å². The van der Waals surface area contributed by atoms with Gasteiger partial charge in [-0.1, -0.05) is 18.2 Å². The van der Waals surface area contributed by atoms with E-state index in [1.807, 2.05) is 44.2 Å². The Bertz CT molecular complexity index is 449. The van der Waals surface area contributed by atoms with Crippen LogP contribution in [0.1, 0.15) is 13.8 Å². The number of rotatable bonds is 2. The minimum absolute atomic E-state index is 0.744. The molecule has 1 aliphatic rings. The van der Waals surface area contributed by atoms with Gasteiger partial charge >= 0.3 is 0 Å². The molecular weight excluding hydrogens is 212 g/mol. The van der Waals surface area contributed by atoms with Gasteiger partial charge in [0.15, 0.2) is 0 Å². The highest BCUT2D eigenvalue weighted by molar-refractivity contribution is 6.68. The second-order valence-electron chi connectivity index (χ2n) is 3.87. The van der Waals surface area contributed by atoms with Gasteiger partial charge in [0.05, 0.1) is 30.2 Å². The zero-order chi connectivity index (χ0) is 12.1. The van der Waals surface area contributed by atoms with Crippen LogP contribution in [0.3, 0.4) is 0 Å². The Morgan fingerprint density at radius 2 is 1.59 bits per heavy atom. The summed E-state index contributed by atoms with van der Waals surface area (Å²) in [5, 5.41) is 4.38. The second kappa shape index (κ2) is 5.39. The number of para-hydroxylation sites is 1. The molecule has 0 saturated heterocycles. The maximum atomic E-state index is 4.40. The van der Waals surface area contributed by atoms with Crippen LogP contribution in [0, 0.1) is 0 Å². The zero-order valence-electron chi connectivity index (χ0n) is 10.1. The van der Waals surface area contributed by atoms with Crippen LogP contribution >= 0.6 is 0 Å². The third kappa shape index (κ3) is 3.00. The first-order valence-electron chi connectivity index (χ1n) is 5.69. The lowest BCUT2D eigenvalue weighted by Gasteiger charge is -2.05. The van der Waals surface area contributed by atoms with E-state index >= 15 is 0 Å². The van der Waals surface area contributed by atoms with Crippen LogP contribution in [-0.2, 0) is 0 Å². The predicted molar refractivity (Wildman–Crippen MR) is 73.5 cm³/mol. The maximum absolute atomic E-state index is 4.40. The summed E-state index contributed by atoms with van der Waals surface area (Å²) in [5.74, 6) is 0. The fourth-order valence-electron chi connectivity index (χ4n) is 1.64. The lowest BCUT2D eigenvalue weighted by molar-refractivity contribution is 0.983. The molecule has 2 rings (SSSR count). The number of hydrogen-bond donors (Lipinski definition) is 1. The van der Waals surface area contributed by atoms with E-state index in [1.165, 1.54) is 0 Å². The Labute approximate surface area is 101 Å². The van der Waals surface area contributed by atoms with Crippen LogP contribution in [0.25, 0.3) is 0 Å². The Hall–Kier alpha value is -1.97. The molecule has 0 aliphatic carbocycles. The largest absolute Gasteiger partial charge is 0.286 e.